The molecule has 0 aliphatic rings. The summed E-state index contributed by atoms with van der Waals surface area (Å²) in [6.45, 7) is 5.92. The van der Waals surface area contributed by atoms with Crippen molar-refractivity contribution in [2.75, 3.05) is 0 Å². The van der Waals surface area contributed by atoms with Gasteiger partial charge in [-0.2, -0.15) is 0 Å². The summed E-state index contributed by atoms with van der Waals surface area (Å²) in [4.78, 5) is -0.822. The lowest BCUT2D eigenvalue weighted by molar-refractivity contribution is 0.0751. The maximum absolute atomic E-state index is 10.9. The standard InChI is InChI=1S/C16H26Br2Cl2O2/c1-4-5-6-9-16(22,15(3,17)18)10-7-8-12(2)11-13(21)14(19)20/h6,9,11,13-14,21-22H,4-5,7-8,10H2,1-3H3. The first-order chi connectivity index (χ1) is 10.0. The van der Waals surface area contributed by atoms with E-state index in [1.54, 1.807) is 6.08 Å². The van der Waals surface area contributed by atoms with Crippen LogP contribution in [-0.2, 0) is 0 Å². The molecule has 2 atom stereocenters. The second-order valence-corrected chi connectivity index (χ2v) is 11.1. The summed E-state index contributed by atoms with van der Waals surface area (Å²) in [5.41, 5.74) is 0.0206. The molecule has 6 heteroatoms. The zero-order valence-electron chi connectivity index (χ0n) is 13.3. The van der Waals surface area contributed by atoms with Gasteiger partial charge in [0.2, 0.25) is 0 Å². The number of aliphatic hydroxyl groups excluding tert-OH is 1. The Bertz CT molecular complexity index is 379. The zero-order valence-corrected chi connectivity index (χ0v) is 18.0. The molecule has 130 valence electrons. The molecule has 0 aromatic rings. The molecule has 0 aromatic heterocycles. The van der Waals surface area contributed by atoms with Crippen molar-refractivity contribution in [3.05, 3.63) is 23.8 Å². The van der Waals surface area contributed by atoms with Crippen LogP contribution in [-0.4, -0.2) is 30.0 Å². The Morgan fingerprint density at radius 2 is 1.91 bits per heavy atom. The van der Waals surface area contributed by atoms with Crippen LogP contribution < -0.4 is 0 Å². The van der Waals surface area contributed by atoms with Gasteiger partial charge >= 0.3 is 0 Å². The van der Waals surface area contributed by atoms with E-state index < -0.39 is 19.8 Å². The molecule has 2 N–H and O–H groups in total. The van der Waals surface area contributed by atoms with E-state index in [1.165, 1.54) is 0 Å². The average Bonchev–Trinajstić information content (AvgIpc) is 2.37. The number of unbranched alkanes of at least 4 members (excludes halogenated alkanes) is 1. The molecule has 0 spiro atoms. The highest BCUT2D eigenvalue weighted by molar-refractivity contribution is 9.25. The van der Waals surface area contributed by atoms with Gasteiger partial charge in [0.05, 0.1) is 0 Å². The number of aliphatic hydroxyl groups is 2. The number of halogens is 4. The van der Waals surface area contributed by atoms with Crippen molar-refractivity contribution in [2.45, 2.75) is 72.7 Å². The summed E-state index contributed by atoms with van der Waals surface area (Å²) in [5.74, 6) is 0. The average molecular weight is 481 g/mol. The van der Waals surface area contributed by atoms with Crippen LogP contribution in [0.25, 0.3) is 0 Å². The van der Waals surface area contributed by atoms with Crippen LogP contribution in [0, 0.1) is 0 Å². The highest BCUT2D eigenvalue weighted by Crippen LogP contribution is 2.41. The largest absolute Gasteiger partial charge is 0.386 e. The molecule has 0 radical (unpaired) electrons. The Labute approximate surface area is 161 Å². The molecule has 0 saturated heterocycles. The lowest BCUT2D eigenvalue weighted by atomic mass is 9.91. The monoisotopic (exact) mass is 478 g/mol. The van der Waals surface area contributed by atoms with Crippen molar-refractivity contribution in [3.8, 4) is 0 Å². The fourth-order valence-corrected chi connectivity index (χ4v) is 2.78. The summed E-state index contributed by atoms with van der Waals surface area (Å²) >= 11 is 18.2. The molecule has 2 unspecified atom stereocenters. The number of rotatable bonds is 10. The van der Waals surface area contributed by atoms with E-state index in [0.29, 0.717) is 6.42 Å². The molecule has 0 amide bonds. The fourth-order valence-electron chi connectivity index (χ4n) is 1.98. The van der Waals surface area contributed by atoms with Crippen molar-refractivity contribution < 1.29 is 10.2 Å². The Hall–Kier alpha value is 0.940. The molecule has 0 saturated carbocycles. The smallest absolute Gasteiger partial charge is 0.137 e. The van der Waals surface area contributed by atoms with Gasteiger partial charge in [0, 0.05) is 0 Å². The zero-order chi connectivity index (χ0) is 17.4. The summed E-state index contributed by atoms with van der Waals surface area (Å²) in [5, 5.41) is 20.5. The molecule has 0 bridgehead atoms. The van der Waals surface area contributed by atoms with Gasteiger partial charge in [0.15, 0.2) is 0 Å². The van der Waals surface area contributed by atoms with Gasteiger partial charge < -0.3 is 10.2 Å². The molecule has 0 aliphatic carbocycles. The van der Waals surface area contributed by atoms with Crippen molar-refractivity contribution in [2.24, 2.45) is 0 Å². The SMILES string of the molecule is CCCC=CC(O)(CCCC(C)=CC(O)C(Cl)Cl)C(C)(Br)Br. The highest BCUT2D eigenvalue weighted by Gasteiger charge is 2.40. The number of allylic oxidation sites excluding steroid dienone is 2. The predicted molar refractivity (Wildman–Crippen MR) is 104 cm³/mol. The first kappa shape index (κ1) is 22.9. The lowest BCUT2D eigenvalue weighted by Crippen LogP contribution is -2.41. The minimum Gasteiger partial charge on any atom is -0.386 e. The quantitative estimate of drug-likeness (QED) is 0.303. The van der Waals surface area contributed by atoms with E-state index in [-0.39, 0.29) is 0 Å². The first-order valence-corrected chi connectivity index (χ1v) is 9.90. The Morgan fingerprint density at radius 1 is 1.32 bits per heavy atom. The van der Waals surface area contributed by atoms with Crippen molar-refractivity contribution in [1.29, 1.82) is 0 Å². The summed E-state index contributed by atoms with van der Waals surface area (Å²) in [6.07, 6.45) is 8.80. The van der Waals surface area contributed by atoms with Crippen LogP contribution in [0.3, 0.4) is 0 Å². The maximum atomic E-state index is 10.9. The van der Waals surface area contributed by atoms with E-state index in [1.807, 2.05) is 26.0 Å². The first-order valence-electron chi connectivity index (χ1n) is 7.45. The Balaban J connectivity index is 4.66. The normalized spacial score (nSPS) is 18.0. The van der Waals surface area contributed by atoms with Crippen molar-refractivity contribution in [3.63, 3.8) is 0 Å². The summed E-state index contributed by atoms with van der Waals surface area (Å²) < 4.78 is -0.592. The van der Waals surface area contributed by atoms with Crippen LogP contribution in [0.15, 0.2) is 23.8 Å². The fraction of sp³-hybridized carbons (Fsp3) is 0.750. The third-order valence-corrected chi connectivity index (χ3v) is 5.34. The van der Waals surface area contributed by atoms with Crippen LogP contribution >= 0.6 is 55.1 Å². The van der Waals surface area contributed by atoms with Crippen molar-refractivity contribution >= 4 is 55.1 Å². The van der Waals surface area contributed by atoms with E-state index in [0.717, 1.165) is 31.3 Å². The lowest BCUT2D eigenvalue weighted by Gasteiger charge is -2.35. The van der Waals surface area contributed by atoms with Gasteiger partial charge in [-0.3, -0.25) is 0 Å². The highest BCUT2D eigenvalue weighted by atomic mass is 79.9. The number of hydrogen-bond donors (Lipinski definition) is 2. The van der Waals surface area contributed by atoms with Gasteiger partial charge in [0.1, 0.15) is 19.8 Å². The number of alkyl halides is 4. The van der Waals surface area contributed by atoms with Gasteiger partial charge in [-0.05, 0) is 39.5 Å². The topological polar surface area (TPSA) is 40.5 Å². The summed E-state index contributed by atoms with van der Waals surface area (Å²) in [7, 11) is 0. The van der Waals surface area contributed by atoms with E-state index >= 15 is 0 Å². The third-order valence-electron chi connectivity index (χ3n) is 3.45. The van der Waals surface area contributed by atoms with Crippen LogP contribution in [0.5, 0.6) is 0 Å². The molecular weight excluding hydrogens is 455 g/mol. The van der Waals surface area contributed by atoms with Gasteiger partial charge in [-0.15, -0.1) is 23.2 Å². The molecule has 22 heavy (non-hydrogen) atoms. The Kier molecular flexibility index (Phi) is 11.2. The molecule has 2 nitrogen and oxygen atoms in total. The number of hydrogen-bond acceptors (Lipinski definition) is 2. The van der Waals surface area contributed by atoms with Crippen molar-refractivity contribution in [1.82, 2.24) is 0 Å². The molecule has 0 heterocycles. The third kappa shape index (κ3) is 8.70. The van der Waals surface area contributed by atoms with Gasteiger partial charge in [-0.1, -0.05) is 69.0 Å². The Morgan fingerprint density at radius 3 is 2.36 bits per heavy atom. The molecule has 0 aliphatic heterocycles. The van der Waals surface area contributed by atoms with E-state index in [9.17, 15) is 10.2 Å². The van der Waals surface area contributed by atoms with Gasteiger partial charge in [-0.25, -0.2) is 0 Å². The maximum Gasteiger partial charge on any atom is 0.137 e. The summed E-state index contributed by atoms with van der Waals surface area (Å²) in [6, 6.07) is 0. The molecule has 0 aromatic carbocycles. The second kappa shape index (κ2) is 10.7. The molecule has 0 rings (SSSR count). The predicted octanol–water partition coefficient (Wildman–Crippen LogP) is 5.86. The van der Waals surface area contributed by atoms with E-state index in [2.05, 4.69) is 38.8 Å². The van der Waals surface area contributed by atoms with Gasteiger partial charge in [0.25, 0.3) is 0 Å². The van der Waals surface area contributed by atoms with Crippen LogP contribution in [0.2, 0.25) is 0 Å². The minimum atomic E-state index is -0.984. The second-order valence-electron chi connectivity index (χ2n) is 5.70. The van der Waals surface area contributed by atoms with Crippen LogP contribution in [0.1, 0.15) is 52.9 Å². The van der Waals surface area contributed by atoms with E-state index in [4.69, 9.17) is 23.2 Å². The minimum absolute atomic E-state index is 0.590. The molecule has 0 fully saturated rings. The van der Waals surface area contributed by atoms with Crippen LogP contribution in [0.4, 0.5) is 0 Å². The molecular formula is C16H26Br2Cl2O2.